The molecule has 0 spiro atoms. The van der Waals surface area contributed by atoms with E-state index in [1.165, 1.54) is 24.8 Å². The van der Waals surface area contributed by atoms with Crippen LogP contribution >= 0.6 is 0 Å². The third-order valence-electron chi connectivity index (χ3n) is 6.30. The first kappa shape index (κ1) is 21.7. The summed E-state index contributed by atoms with van der Waals surface area (Å²) in [6, 6.07) is 7.94. The molecule has 7 heteroatoms. The topological polar surface area (TPSA) is 71.0 Å². The van der Waals surface area contributed by atoms with E-state index >= 15 is 0 Å². The fourth-order valence-corrected chi connectivity index (χ4v) is 4.62. The molecule has 31 heavy (non-hydrogen) atoms. The van der Waals surface area contributed by atoms with Gasteiger partial charge in [-0.2, -0.15) is 4.98 Å². The van der Waals surface area contributed by atoms with Gasteiger partial charge in [0.05, 0.1) is 19.4 Å². The van der Waals surface area contributed by atoms with E-state index in [0.29, 0.717) is 18.5 Å². The summed E-state index contributed by atoms with van der Waals surface area (Å²) in [6.45, 7) is 7.47. The Labute approximate surface area is 185 Å². The number of ether oxygens (including phenoxy) is 2. The van der Waals surface area contributed by atoms with Crippen molar-refractivity contribution in [2.45, 2.75) is 51.5 Å². The first-order chi connectivity index (χ1) is 15.2. The molecule has 0 atom stereocenters. The highest BCUT2D eigenvalue weighted by atomic mass is 16.5. The lowest BCUT2D eigenvalue weighted by Gasteiger charge is -2.32. The number of piperidine rings is 2. The quantitative estimate of drug-likeness (QED) is 0.718. The number of aromatic hydroxyl groups is 1. The molecule has 7 nitrogen and oxygen atoms in total. The molecule has 2 aliphatic rings. The molecule has 168 valence electrons. The molecule has 2 saturated heterocycles. The number of nitrogens with zero attached hydrogens (tertiary/aromatic N) is 4. The van der Waals surface area contributed by atoms with Crippen LogP contribution in [0, 0.1) is 0 Å². The Morgan fingerprint density at radius 2 is 1.77 bits per heavy atom. The number of methoxy groups -OCH3 is 1. The SMILES string of the molecule is CCOc1cc(CN2CCC(c3cc(O)nc(N4CCCCC4)n3)CC2)ccc1OC. The van der Waals surface area contributed by atoms with Crippen LogP contribution in [0.5, 0.6) is 17.4 Å². The number of anilines is 1. The Morgan fingerprint density at radius 1 is 1.00 bits per heavy atom. The maximum atomic E-state index is 10.2. The molecule has 4 rings (SSSR count). The largest absolute Gasteiger partial charge is 0.493 e. The van der Waals surface area contributed by atoms with Gasteiger partial charge in [0.1, 0.15) is 0 Å². The monoisotopic (exact) mass is 426 g/mol. The van der Waals surface area contributed by atoms with Crippen LogP contribution in [0.25, 0.3) is 0 Å². The number of hydrogen-bond acceptors (Lipinski definition) is 7. The predicted molar refractivity (Wildman–Crippen MR) is 121 cm³/mol. The molecular formula is C24H34N4O3. The second kappa shape index (κ2) is 10.2. The van der Waals surface area contributed by atoms with Crippen LogP contribution in [-0.4, -0.2) is 59.9 Å². The Hall–Kier alpha value is -2.54. The number of hydrogen-bond donors (Lipinski definition) is 1. The highest BCUT2D eigenvalue weighted by molar-refractivity contribution is 5.43. The maximum absolute atomic E-state index is 10.2. The summed E-state index contributed by atoms with van der Waals surface area (Å²) in [5.41, 5.74) is 2.21. The zero-order valence-corrected chi connectivity index (χ0v) is 18.7. The van der Waals surface area contributed by atoms with Gasteiger partial charge in [0, 0.05) is 31.6 Å². The summed E-state index contributed by atoms with van der Waals surface area (Å²) in [7, 11) is 1.67. The van der Waals surface area contributed by atoms with Crippen LogP contribution in [0.15, 0.2) is 24.3 Å². The van der Waals surface area contributed by atoms with Gasteiger partial charge >= 0.3 is 0 Å². The summed E-state index contributed by atoms with van der Waals surface area (Å²) < 4.78 is 11.1. The molecule has 0 bridgehead atoms. The zero-order chi connectivity index (χ0) is 21.6. The van der Waals surface area contributed by atoms with Crippen molar-refractivity contribution in [1.82, 2.24) is 14.9 Å². The molecule has 2 fully saturated rings. The number of benzene rings is 1. The molecule has 1 aromatic carbocycles. The molecule has 1 aromatic heterocycles. The van der Waals surface area contributed by atoms with Gasteiger partial charge in [-0.3, -0.25) is 4.90 Å². The maximum Gasteiger partial charge on any atom is 0.228 e. The Kier molecular flexibility index (Phi) is 7.12. The van der Waals surface area contributed by atoms with Gasteiger partial charge in [0.25, 0.3) is 0 Å². The van der Waals surface area contributed by atoms with Crippen LogP contribution in [0.3, 0.4) is 0 Å². The number of rotatable bonds is 7. The molecule has 0 unspecified atom stereocenters. The van der Waals surface area contributed by atoms with Gasteiger partial charge in [-0.15, -0.1) is 0 Å². The van der Waals surface area contributed by atoms with Crippen molar-refractivity contribution in [2.75, 3.05) is 44.8 Å². The van der Waals surface area contributed by atoms with E-state index in [1.54, 1.807) is 13.2 Å². The van der Waals surface area contributed by atoms with E-state index < -0.39 is 0 Å². The zero-order valence-electron chi connectivity index (χ0n) is 18.7. The first-order valence-electron chi connectivity index (χ1n) is 11.5. The van der Waals surface area contributed by atoms with Crippen molar-refractivity contribution >= 4 is 5.95 Å². The first-order valence-corrected chi connectivity index (χ1v) is 11.5. The molecule has 1 N–H and O–H groups in total. The average Bonchev–Trinajstić information content (AvgIpc) is 2.80. The lowest BCUT2D eigenvalue weighted by Crippen LogP contribution is -2.33. The van der Waals surface area contributed by atoms with Gasteiger partial charge in [-0.05, 0) is 69.8 Å². The highest BCUT2D eigenvalue weighted by Crippen LogP contribution is 2.32. The van der Waals surface area contributed by atoms with E-state index in [4.69, 9.17) is 14.5 Å². The minimum atomic E-state index is 0.0923. The van der Waals surface area contributed by atoms with Crippen molar-refractivity contribution in [1.29, 1.82) is 0 Å². The summed E-state index contributed by atoms with van der Waals surface area (Å²) in [5, 5.41) is 10.2. The summed E-state index contributed by atoms with van der Waals surface area (Å²) >= 11 is 0. The fraction of sp³-hybridized carbons (Fsp3) is 0.583. The van der Waals surface area contributed by atoms with E-state index in [2.05, 4.69) is 26.9 Å². The smallest absolute Gasteiger partial charge is 0.228 e. The van der Waals surface area contributed by atoms with Gasteiger partial charge in [0.2, 0.25) is 11.8 Å². The Bertz CT molecular complexity index is 862. The average molecular weight is 427 g/mol. The minimum Gasteiger partial charge on any atom is -0.493 e. The van der Waals surface area contributed by atoms with Crippen molar-refractivity contribution in [3.63, 3.8) is 0 Å². The van der Waals surface area contributed by atoms with E-state index in [0.717, 1.165) is 62.8 Å². The molecule has 0 amide bonds. The number of likely N-dealkylation sites (tertiary alicyclic amines) is 1. The standard InChI is InChI=1S/C24H34N4O3/c1-3-31-22-15-18(7-8-21(22)30-2)17-27-13-9-19(10-14-27)20-16-23(29)26-24(25-20)28-11-5-4-6-12-28/h7-8,15-16,19H,3-6,9-14,17H2,1-2H3,(H,25,26,29). The second-order valence-electron chi connectivity index (χ2n) is 8.47. The van der Waals surface area contributed by atoms with Crippen LogP contribution in [-0.2, 0) is 6.54 Å². The summed E-state index contributed by atoms with van der Waals surface area (Å²) in [5.74, 6) is 2.73. The van der Waals surface area contributed by atoms with Gasteiger partial charge in [0.15, 0.2) is 11.5 Å². The van der Waals surface area contributed by atoms with Crippen LogP contribution < -0.4 is 14.4 Å². The van der Waals surface area contributed by atoms with Crippen LogP contribution in [0.1, 0.15) is 56.2 Å². The van der Waals surface area contributed by atoms with E-state index in [-0.39, 0.29) is 5.88 Å². The molecule has 0 saturated carbocycles. The Balaban J connectivity index is 1.38. The Morgan fingerprint density at radius 3 is 2.48 bits per heavy atom. The lowest BCUT2D eigenvalue weighted by molar-refractivity contribution is 0.202. The second-order valence-corrected chi connectivity index (χ2v) is 8.47. The fourth-order valence-electron chi connectivity index (χ4n) is 4.62. The van der Waals surface area contributed by atoms with Crippen molar-refractivity contribution in [3.8, 4) is 17.4 Å². The van der Waals surface area contributed by atoms with Crippen molar-refractivity contribution < 1.29 is 14.6 Å². The number of aromatic nitrogens is 2. The lowest BCUT2D eigenvalue weighted by atomic mass is 9.93. The van der Waals surface area contributed by atoms with Crippen LogP contribution in [0.4, 0.5) is 5.95 Å². The summed E-state index contributed by atoms with van der Waals surface area (Å²) in [4.78, 5) is 13.8. The van der Waals surface area contributed by atoms with Crippen molar-refractivity contribution in [2.24, 2.45) is 0 Å². The van der Waals surface area contributed by atoms with Gasteiger partial charge in [-0.25, -0.2) is 4.98 Å². The molecule has 0 radical (unpaired) electrons. The normalized spacial score (nSPS) is 18.2. The summed E-state index contributed by atoms with van der Waals surface area (Å²) in [6.07, 6.45) is 5.67. The van der Waals surface area contributed by atoms with Crippen molar-refractivity contribution in [3.05, 3.63) is 35.5 Å². The van der Waals surface area contributed by atoms with E-state index in [1.807, 2.05) is 13.0 Å². The molecular weight excluding hydrogens is 392 g/mol. The molecule has 0 aliphatic carbocycles. The predicted octanol–water partition coefficient (Wildman–Crippen LogP) is 3.96. The third kappa shape index (κ3) is 5.39. The van der Waals surface area contributed by atoms with Gasteiger partial charge in [-0.1, -0.05) is 6.07 Å². The van der Waals surface area contributed by atoms with Gasteiger partial charge < -0.3 is 19.5 Å². The molecule has 2 aromatic rings. The van der Waals surface area contributed by atoms with E-state index in [9.17, 15) is 5.11 Å². The molecule has 3 heterocycles. The minimum absolute atomic E-state index is 0.0923. The van der Waals surface area contributed by atoms with Crippen LogP contribution in [0.2, 0.25) is 0 Å². The third-order valence-corrected chi connectivity index (χ3v) is 6.30. The molecule has 2 aliphatic heterocycles. The highest BCUT2D eigenvalue weighted by Gasteiger charge is 2.24.